The fourth-order valence-corrected chi connectivity index (χ4v) is 1.75. The second-order valence-electron chi connectivity index (χ2n) is 4.41. The van der Waals surface area contributed by atoms with Crippen LogP contribution in [0.15, 0.2) is 36.4 Å². The Kier molecular flexibility index (Phi) is 4.29. The molecule has 1 atom stereocenters. The van der Waals surface area contributed by atoms with Crippen molar-refractivity contribution in [2.45, 2.75) is 13.0 Å². The van der Waals surface area contributed by atoms with Gasteiger partial charge in [-0.25, -0.2) is 13.2 Å². The van der Waals surface area contributed by atoms with Crippen molar-refractivity contribution in [1.82, 2.24) is 5.32 Å². The fourth-order valence-electron chi connectivity index (χ4n) is 1.75. The normalized spacial score (nSPS) is 12.2. The first kappa shape index (κ1) is 14.4. The second-order valence-corrected chi connectivity index (χ2v) is 4.41. The predicted molar refractivity (Wildman–Crippen MR) is 70.3 cm³/mol. The summed E-state index contributed by atoms with van der Waals surface area (Å²) in [6.07, 6.45) is 0. The highest BCUT2D eigenvalue weighted by Gasteiger charge is 2.10. The summed E-state index contributed by atoms with van der Waals surface area (Å²) in [7, 11) is 1.77. The summed E-state index contributed by atoms with van der Waals surface area (Å²) in [5, 5.41) is 2.99. The first-order valence-corrected chi connectivity index (χ1v) is 6.10. The van der Waals surface area contributed by atoms with Crippen LogP contribution < -0.4 is 10.1 Å². The molecule has 2 aromatic rings. The lowest BCUT2D eigenvalue weighted by molar-refractivity contribution is 0.432. The molecule has 1 N–H and O–H groups in total. The van der Waals surface area contributed by atoms with Crippen LogP contribution in [0.3, 0.4) is 0 Å². The molecule has 0 aromatic heterocycles. The van der Waals surface area contributed by atoms with E-state index in [0.29, 0.717) is 0 Å². The number of nitrogens with one attached hydrogen (secondary N) is 1. The third-order valence-corrected chi connectivity index (χ3v) is 2.95. The molecule has 2 rings (SSSR count). The molecule has 0 saturated heterocycles. The van der Waals surface area contributed by atoms with E-state index < -0.39 is 17.5 Å². The molecular formula is C15H14F3NO. The van der Waals surface area contributed by atoms with E-state index in [2.05, 4.69) is 5.32 Å². The summed E-state index contributed by atoms with van der Waals surface area (Å²) in [6.45, 7) is 1.89. The van der Waals surface area contributed by atoms with Crippen molar-refractivity contribution in [3.8, 4) is 11.5 Å². The maximum Gasteiger partial charge on any atom is 0.166 e. The zero-order chi connectivity index (χ0) is 14.7. The predicted octanol–water partition coefficient (Wildman–Crippen LogP) is 4.18. The first-order chi connectivity index (χ1) is 9.49. The van der Waals surface area contributed by atoms with Crippen LogP contribution in [0.1, 0.15) is 18.5 Å². The minimum atomic E-state index is -0.777. The highest BCUT2D eigenvalue weighted by molar-refractivity contribution is 5.35. The smallest absolute Gasteiger partial charge is 0.166 e. The van der Waals surface area contributed by atoms with E-state index in [4.69, 9.17) is 4.74 Å². The van der Waals surface area contributed by atoms with Gasteiger partial charge in [-0.05, 0) is 31.7 Å². The van der Waals surface area contributed by atoms with E-state index in [1.165, 1.54) is 12.1 Å². The summed E-state index contributed by atoms with van der Waals surface area (Å²) < 4.78 is 45.1. The van der Waals surface area contributed by atoms with Gasteiger partial charge in [0, 0.05) is 24.2 Å². The third kappa shape index (κ3) is 3.30. The summed E-state index contributed by atoms with van der Waals surface area (Å²) in [5.74, 6) is -2.31. The van der Waals surface area contributed by atoms with Crippen LogP contribution in [-0.4, -0.2) is 7.05 Å². The molecule has 0 amide bonds. The Balaban J connectivity index is 2.25. The van der Waals surface area contributed by atoms with E-state index in [0.717, 1.165) is 23.8 Å². The van der Waals surface area contributed by atoms with Crippen molar-refractivity contribution < 1.29 is 17.9 Å². The highest BCUT2D eigenvalue weighted by atomic mass is 19.1. The van der Waals surface area contributed by atoms with E-state index in [1.807, 2.05) is 6.92 Å². The molecule has 1 unspecified atom stereocenters. The minimum Gasteiger partial charge on any atom is -0.454 e. The number of benzene rings is 2. The summed E-state index contributed by atoms with van der Waals surface area (Å²) in [4.78, 5) is 0. The Morgan fingerprint density at radius 1 is 1.00 bits per heavy atom. The molecule has 5 heteroatoms. The Bertz CT molecular complexity index is 596. The standard InChI is InChI=1S/C15H14F3NO/c1-9(19-2)10-3-4-15(14(18)5-10)20-13-7-11(16)6-12(17)8-13/h3-9,19H,1-2H3. The Morgan fingerprint density at radius 2 is 1.65 bits per heavy atom. The van der Waals surface area contributed by atoms with Gasteiger partial charge in [0.2, 0.25) is 0 Å². The maximum absolute atomic E-state index is 13.9. The molecule has 2 nitrogen and oxygen atoms in total. The molecule has 0 fully saturated rings. The van der Waals surface area contributed by atoms with Gasteiger partial charge < -0.3 is 10.1 Å². The number of hydrogen-bond donors (Lipinski definition) is 1. The van der Waals surface area contributed by atoms with Crippen LogP contribution >= 0.6 is 0 Å². The van der Waals surface area contributed by atoms with Crippen LogP contribution in [0, 0.1) is 17.5 Å². The van der Waals surface area contributed by atoms with Crippen LogP contribution in [0.25, 0.3) is 0 Å². The summed E-state index contributed by atoms with van der Waals surface area (Å²) in [6, 6.07) is 7.15. The number of rotatable bonds is 4. The number of hydrogen-bond acceptors (Lipinski definition) is 2. The fraction of sp³-hybridized carbons (Fsp3) is 0.200. The quantitative estimate of drug-likeness (QED) is 0.908. The van der Waals surface area contributed by atoms with Gasteiger partial charge in [-0.15, -0.1) is 0 Å². The molecule has 0 spiro atoms. The average molecular weight is 281 g/mol. The SMILES string of the molecule is CNC(C)c1ccc(Oc2cc(F)cc(F)c2)c(F)c1. The lowest BCUT2D eigenvalue weighted by atomic mass is 10.1. The molecule has 20 heavy (non-hydrogen) atoms. The zero-order valence-electron chi connectivity index (χ0n) is 11.1. The molecule has 0 bridgehead atoms. The summed E-state index contributed by atoms with van der Waals surface area (Å²) >= 11 is 0. The Hall–Kier alpha value is -2.01. The lowest BCUT2D eigenvalue weighted by Crippen LogP contribution is -2.12. The second kappa shape index (κ2) is 5.96. The van der Waals surface area contributed by atoms with Crippen LogP contribution in [-0.2, 0) is 0 Å². The topological polar surface area (TPSA) is 21.3 Å². The van der Waals surface area contributed by atoms with E-state index in [-0.39, 0.29) is 17.5 Å². The Labute approximate surface area is 115 Å². The van der Waals surface area contributed by atoms with Gasteiger partial charge in [-0.1, -0.05) is 6.07 Å². The van der Waals surface area contributed by atoms with Crippen LogP contribution in [0.4, 0.5) is 13.2 Å². The van der Waals surface area contributed by atoms with Gasteiger partial charge in [-0.2, -0.15) is 0 Å². The molecule has 2 aromatic carbocycles. The molecule has 0 aliphatic carbocycles. The molecule has 0 aliphatic rings. The molecule has 0 heterocycles. The van der Waals surface area contributed by atoms with Crippen LogP contribution in [0.5, 0.6) is 11.5 Å². The van der Waals surface area contributed by atoms with Crippen LogP contribution in [0.2, 0.25) is 0 Å². The van der Waals surface area contributed by atoms with E-state index in [9.17, 15) is 13.2 Å². The van der Waals surface area contributed by atoms with Crippen molar-refractivity contribution in [2.24, 2.45) is 0 Å². The third-order valence-electron chi connectivity index (χ3n) is 2.95. The monoisotopic (exact) mass is 281 g/mol. The summed E-state index contributed by atoms with van der Waals surface area (Å²) in [5.41, 5.74) is 0.753. The van der Waals surface area contributed by atoms with Gasteiger partial charge in [0.25, 0.3) is 0 Å². The zero-order valence-corrected chi connectivity index (χ0v) is 11.1. The van der Waals surface area contributed by atoms with Gasteiger partial charge in [0.1, 0.15) is 17.4 Å². The van der Waals surface area contributed by atoms with Crippen molar-refractivity contribution in [2.75, 3.05) is 7.05 Å². The minimum absolute atomic E-state index is 0.00911. The Morgan fingerprint density at radius 3 is 2.20 bits per heavy atom. The van der Waals surface area contributed by atoms with E-state index >= 15 is 0 Å². The van der Waals surface area contributed by atoms with Gasteiger partial charge in [0.05, 0.1) is 0 Å². The highest BCUT2D eigenvalue weighted by Crippen LogP contribution is 2.27. The van der Waals surface area contributed by atoms with E-state index in [1.54, 1.807) is 13.1 Å². The largest absolute Gasteiger partial charge is 0.454 e. The molecule has 0 saturated carbocycles. The molecule has 0 radical (unpaired) electrons. The molecule has 0 aliphatic heterocycles. The van der Waals surface area contributed by atoms with Gasteiger partial charge in [-0.3, -0.25) is 0 Å². The van der Waals surface area contributed by atoms with Crippen molar-refractivity contribution in [3.05, 3.63) is 59.4 Å². The van der Waals surface area contributed by atoms with Crippen molar-refractivity contribution in [1.29, 1.82) is 0 Å². The average Bonchev–Trinajstić information content (AvgIpc) is 2.39. The van der Waals surface area contributed by atoms with Gasteiger partial charge in [0.15, 0.2) is 11.6 Å². The number of halogens is 3. The lowest BCUT2D eigenvalue weighted by Gasteiger charge is -2.12. The first-order valence-electron chi connectivity index (χ1n) is 6.10. The van der Waals surface area contributed by atoms with Crippen molar-refractivity contribution in [3.63, 3.8) is 0 Å². The molecular weight excluding hydrogens is 267 g/mol. The molecule has 106 valence electrons. The number of ether oxygens (including phenoxy) is 1. The van der Waals surface area contributed by atoms with Crippen molar-refractivity contribution >= 4 is 0 Å². The maximum atomic E-state index is 13.9. The van der Waals surface area contributed by atoms with Gasteiger partial charge >= 0.3 is 0 Å².